The number of aromatic nitrogens is 1. The van der Waals surface area contributed by atoms with Gasteiger partial charge in [0.15, 0.2) is 0 Å². The summed E-state index contributed by atoms with van der Waals surface area (Å²) in [7, 11) is 0. The lowest BCUT2D eigenvalue weighted by atomic mass is 10.2. The SMILES string of the molecule is CCCN1CCN(c2ncccc2C(N)=S)CC1. The minimum atomic E-state index is 0.425. The summed E-state index contributed by atoms with van der Waals surface area (Å²) in [6.07, 6.45) is 3.01. The molecule has 2 rings (SSSR count). The van der Waals surface area contributed by atoms with Gasteiger partial charge < -0.3 is 10.6 Å². The lowest BCUT2D eigenvalue weighted by Gasteiger charge is -2.35. The van der Waals surface area contributed by atoms with Crippen LogP contribution < -0.4 is 10.6 Å². The van der Waals surface area contributed by atoms with E-state index in [-0.39, 0.29) is 0 Å². The van der Waals surface area contributed by atoms with Crippen LogP contribution in [0.3, 0.4) is 0 Å². The van der Waals surface area contributed by atoms with Crippen molar-refractivity contribution in [2.45, 2.75) is 13.3 Å². The van der Waals surface area contributed by atoms with Crippen LogP contribution in [0.2, 0.25) is 0 Å². The molecule has 0 aromatic carbocycles. The maximum absolute atomic E-state index is 5.75. The van der Waals surface area contributed by atoms with Gasteiger partial charge in [-0.05, 0) is 25.1 Å². The molecule has 0 bridgehead atoms. The van der Waals surface area contributed by atoms with Crippen LogP contribution in [0.4, 0.5) is 5.82 Å². The number of hydrogen-bond acceptors (Lipinski definition) is 4. The molecule has 5 heteroatoms. The molecule has 1 aromatic heterocycles. The van der Waals surface area contributed by atoms with Gasteiger partial charge in [-0.3, -0.25) is 4.90 Å². The van der Waals surface area contributed by atoms with Crippen LogP contribution >= 0.6 is 12.2 Å². The monoisotopic (exact) mass is 264 g/mol. The van der Waals surface area contributed by atoms with Gasteiger partial charge in [-0.15, -0.1) is 0 Å². The van der Waals surface area contributed by atoms with Gasteiger partial charge in [0.2, 0.25) is 0 Å². The number of anilines is 1. The summed E-state index contributed by atoms with van der Waals surface area (Å²) >= 11 is 5.08. The average Bonchev–Trinajstić information content (AvgIpc) is 2.40. The highest BCUT2D eigenvalue weighted by Gasteiger charge is 2.19. The van der Waals surface area contributed by atoms with Crippen molar-refractivity contribution in [3.05, 3.63) is 23.9 Å². The van der Waals surface area contributed by atoms with E-state index in [1.54, 1.807) is 6.20 Å². The molecule has 1 aromatic rings. The molecule has 2 heterocycles. The van der Waals surface area contributed by atoms with Gasteiger partial charge in [-0.1, -0.05) is 19.1 Å². The number of nitrogens with two attached hydrogens (primary N) is 1. The minimum absolute atomic E-state index is 0.425. The third-order valence-corrected chi connectivity index (χ3v) is 3.48. The van der Waals surface area contributed by atoms with Gasteiger partial charge in [0.25, 0.3) is 0 Å². The quantitative estimate of drug-likeness (QED) is 0.829. The van der Waals surface area contributed by atoms with Gasteiger partial charge in [-0.25, -0.2) is 4.98 Å². The summed E-state index contributed by atoms with van der Waals surface area (Å²) in [5.41, 5.74) is 6.64. The zero-order valence-corrected chi connectivity index (χ0v) is 11.6. The number of piperazine rings is 1. The van der Waals surface area contributed by atoms with Gasteiger partial charge in [0.05, 0.1) is 5.56 Å². The van der Waals surface area contributed by atoms with Crippen molar-refractivity contribution in [1.29, 1.82) is 0 Å². The molecule has 2 N–H and O–H groups in total. The highest BCUT2D eigenvalue weighted by atomic mass is 32.1. The second-order valence-electron chi connectivity index (χ2n) is 4.57. The summed E-state index contributed by atoms with van der Waals surface area (Å²) in [6.45, 7) is 7.55. The highest BCUT2D eigenvalue weighted by Crippen LogP contribution is 2.18. The van der Waals surface area contributed by atoms with Gasteiger partial charge in [0.1, 0.15) is 10.8 Å². The van der Waals surface area contributed by atoms with Crippen LogP contribution in [-0.4, -0.2) is 47.6 Å². The second kappa shape index (κ2) is 6.11. The standard InChI is InChI=1S/C13H20N4S/c1-2-6-16-7-9-17(10-8-16)13-11(12(14)18)4-3-5-15-13/h3-5H,2,6-10H2,1H3,(H2,14,18). The molecule has 0 spiro atoms. The molecule has 0 unspecified atom stereocenters. The van der Waals surface area contributed by atoms with E-state index < -0.39 is 0 Å². The molecule has 98 valence electrons. The summed E-state index contributed by atoms with van der Waals surface area (Å²) < 4.78 is 0. The molecule has 0 aliphatic carbocycles. The van der Waals surface area contributed by atoms with Crippen LogP contribution in [0.1, 0.15) is 18.9 Å². The van der Waals surface area contributed by atoms with E-state index in [0.29, 0.717) is 4.99 Å². The molecule has 1 saturated heterocycles. The van der Waals surface area contributed by atoms with Gasteiger partial charge >= 0.3 is 0 Å². The molecule has 4 nitrogen and oxygen atoms in total. The fourth-order valence-corrected chi connectivity index (χ4v) is 2.50. The van der Waals surface area contributed by atoms with Crippen LogP contribution in [0, 0.1) is 0 Å². The molecular formula is C13H20N4S. The first-order chi connectivity index (χ1) is 8.72. The van der Waals surface area contributed by atoms with Crippen LogP contribution in [0.25, 0.3) is 0 Å². The zero-order valence-electron chi connectivity index (χ0n) is 10.8. The zero-order chi connectivity index (χ0) is 13.0. The van der Waals surface area contributed by atoms with Crippen molar-refractivity contribution in [2.75, 3.05) is 37.6 Å². The first-order valence-corrected chi connectivity index (χ1v) is 6.85. The molecule has 1 aliphatic heterocycles. The lowest BCUT2D eigenvalue weighted by Crippen LogP contribution is -2.47. The van der Waals surface area contributed by atoms with Gasteiger partial charge in [0, 0.05) is 32.4 Å². The van der Waals surface area contributed by atoms with Crippen molar-refractivity contribution < 1.29 is 0 Å². The molecule has 18 heavy (non-hydrogen) atoms. The van der Waals surface area contributed by atoms with E-state index in [2.05, 4.69) is 21.7 Å². The average molecular weight is 264 g/mol. The number of pyridine rings is 1. The smallest absolute Gasteiger partial charge is 0.138 e. The Morgan fingerprint density at radius 1 is 1.39 bits per heavy atom. The third-order valence-electron chi connectivity index (χ3n) is 3.26. The Hall–Kier alpha value is -1.20. The topological polar surface area (TPSA) is 45.4 Å². The largest absolute Gasteiger partial charge is 0.389 e. The molecule has 0 amide bonds. The maximum Gasteiger partial charge on any atom is 0.138 e. The Labute approximate surface area is 114 Å². The van der Waals surface area contributed by atoms with E-state index in [1.165, 1.54) is 13.0 Å². The Morgan fingerprint density at radius 2 is 2.11 bits per heavy atom. The Kier molecular flexibility index (Phi) is 4.49. The first kappa shape index (κ1) is 13.2. The van der Waals surface area contributed by atoms with Crippen LogP contribution in [-0.2, 0) is 0 Å². The predicted molar refractivity (Wildman–Crippen MR) is 79.1 cm³/mol. The lowest BCUT2D eigenvalue weighted by molar-refractivity contribution is 0.258. The molecule has 1 fully saturated rings. The fourth-order valence-electron chi connectivity index (χ4n) is 2.34. The van der Waals surface area contributed by atoms with Crippen molar-refractivity contribution in [1.82, 2.24) is 9.88 Å². The van der Waals surface area contributed by atoms with Crippen molar-refractivity contribution in [3.63, 3.8) is 0 Å². The Bertz CT molecular complexity index is 413. The summed E-state index contributed by atoms with van der Waals surface area (Å²) in [4.78, 5) is 9.62. The van der Waals surface area contributed by atoms with E-state index >= 15 is 0 Å². The van der Waals surface area contributed by atoms with Crippen LogP contribution in [0.5, 0.6) is 0 Å². The number of thiocarbonyl (C=S) groups is 1. The number of hydrogen-bond donors (Lipinski definition) is 1. The summed E-state index contributed by atoms with van der Waals surface area (Å²) in [6, 6.07) is 3.83. The normalized spacial score (nSPS) is 16.8. The Morgan fingerprint density at radius 3 is 2.72 bits per heavy atom. The van der Waals surface area contributed by atoms with Crippen molar-refractivity contribution in [3.8, 4) is 0 Å². The molecular weight excluding hydrogens is 244 g/mol. The van der Waals surface area contributed by atoms with Gasteiger partial charge in [-0.2, -0.15) is 0 Å². The molecule has 1 aliphatic rings. The molecule has 0 radical (unpaired) electrons. The predicted octanol–water partition coefficient (Wildman–Crippen LogP) is 1.25. The Balaban J connectivity index is 2.07. The number of nitrogens with zero attached hydrogens (tertiary/aromatic N) is 3. The van der Waals surface area contributed by atoms with Crippen molar-refractivity contribution in [2.24, 2.45) is 5.73 Å². The van der Waals surface area contributed by atoms with E-state index in [4.69, 9.17) is 18.0 Å². The summed E-state index contributed by atoms with van der Waals surface area (Å²) in [5, 5.41) is 0. The third kappa shape index (κ3) is 2.97. The fraction of sp³-hybridized carbons (Fsp3) is 0.538. The number of rotatable bonds is 4. The minimum Gasteiger partial charge on any atom is -0.389 e. The van der Waals surface area contributed by atoms with Crippen molar-refractivity contribution >= 4 is 23.0 Å². The van der Waals surface area contributed by atoms with E-state index in [0.717, 1.165) is 37.6 Å². The first-order valence-electron chi connectivity index (χ1n) is 6.44. The van der Waals surface area contributed by atoms with E-state index in [1.807, 2.05) is 12.1 Å². The molecule has 0 atom stereocenters. The summed E-state index contributed by atoms with van der Waals surface area (Å²) in [5.74, 6) is 0.932. The maximum atomic E-state index is 5.75. The van der Waals surface area contributed by atoms with E-state index in [9.17, 15) is 0 Å². The molecule has 0 saturated carbocycles. The van der Waals surface area contributed by atoms with Crippen LogP contribution in [0.15, 0.2) is 18.3 Å². The second-order valence-corrected chi connectivity index (χ2v) is 5.01. The highest BCUT2D eigenvalue weighted by molar-refractivity contribution is 7.80.